The van der Waals surface area contributed by atoms with Crippen LogP contribution in [-0.2, 0) is 23.1 Å². The molecule has 1 aromatic rings. The SMILES string of the molecule is CCCOCCOCc1c(Br)c(C)nn1C. The second-order valence-corrected chi connectivity index (χ2v) is 4.43. The lowest BCUT2D eigenvalue weighted by Gasteiger charge is -2.05. The molecule has 0 aliphatic heterocycles. The smallest absolute Gasteiger partial charge is 0.0897 e. The van der Waals surface area contributed by atoms with Gasteiger partial charge in [0, 0.05) is 13.7 Å². The molecule has 92 valence electrons. The van der Waals surface area contributed by atoms with E-state index in [0.29, 0.717) is 19.8 Å². The van der Waals surface area contributed by atoms with Crippen LogP contribution in [0.4, 0.5) is 0 Å². The molecule has 0 aromatic carbocycles. The van der Waals surface area contributed by atoms with E-state index in [9.17, 15) is 0 Å². The number of halogens is 1. The van der Waals surface area contributed by atoms with Crippen molar-refractivity contribution in [1.82, 2.24) is 9.78 Å². The first-order chi connectivity index (χ1) is 7.66. The molecular formula is C11H19BrN2O2. The number of aromatic nitrogens is 2. The minimum atomic E-state index is 0.563. The predicted octanol–water partition coefficient (Wildman–Crippen LogP) is 2.43. The molecule has 1 heterocycles. The van der Waals surface area contributed by atoms with E-state index in [1.807, 2.05) is 18.7 Å². The molecule has 0 aliphatic rings. The molecule has 0 amide bonds. The fourth-order valence-corrected chi connectivity index (χ4v) is 1.82. The van der Waals surface area contributed by atoms with Crippen LogP contribution in [0.2, 0.25) is 0 Å². The Morgan fingerprint density at radius 3 is 2.50 bits per heavy atom. The molecule has 4 nitrogen and oxygen atoms in total. The summed E-state index contributed by atoms with van der Waals surface area (Å²) in [4.78, 5) is 0. The van der Waals surface area contributed by atoms with Gasteiger partial charge in [0.05, 0.1) is 35.7 Å². The van der Waals surface area contributed by atoms with E-state index < -0.39 is 0 Å². The number of nitrogens with zero attached hydrogens (tertiary/aromatic N) is 2. The van der Waals surface area contributed by atoms with Gasteiger partial charge in [-0.3, -0.25) is 4.68 Å². The van der Waals surface area contributed by atoms with Gasteiger partial charge in [0.25, 0.3) is 0 Å². The third kappa shape index (κ3) is 3.88. The second kappa shape index (κ2) is 7.04. The zero-order chi connectivity index (χ0) is 12.0. The van der Waals surface area contributed by atoms with E-state index in [-0.39, 0.29) is 0 Å². The Bertz CT molecular complexity index is 326. The van der Waals surface area contributed by atoms with Gasteiger partial charge in [0.15, 0.2) is 0 Å². The molecule has 5 heteroatoms. The maximum atomic E-state index is 5.53. The molecule has 0 bridgehead atoms. The highest BCUT2D eigenvalue weighted by atomic mass is 79.9. The summed E-state index contributed by atoms with van der Waals surface area (Å²) in [5.74, 6) is 0. The Kier molecular flexibility index (Phi) is 6.01. The summed E-state index contributed by atoms with van der Waals surface area (Å²) in [6.07, 6.45) is 1.05. The number of rotatable bonds is 7. The molecule has 0 unspecified atom stereocenters. The topological polar surface area (TPSA) is 36.3 Å². The van der Waals surface area contributed by atoms with Crippen LogP contribution in [0.5, 0.6) is 0 Å². The van der Waals surface area contributed by atoms with Crippen LogP contribution in [-0.4, -0.2) is 29.6 Å². The largest absolute Gasteiger partial charge is 0.379 e. The van der Waals surface area contributed by atoms with Gasteiger partial charge in [-0.05, 0) is 29.3 Å². The number of hydrogen-bond acceptors (Lipinski definition) is 3. The van der Waals surface area contributed by atoms with Gasteiger partial charge < -0.3 is 9.47 Å². The lowest BCUT2D eigenvalue weighted by Crippen LogP contribution is -2.07. The molecule has 0 saturated heterocycles. The standard InChI is InChI=1S/C11H19BrN2O2/c1-4-5-15-6-7-16-8-10-11(12)9(2)13-14(10)3/h4-8H2,1-3H3. The van der Waals surface area contributed by atoms with E-state index in [1.54, 1.807) is 0 Å². The zero-order valence-corrected chi connectivity index (χ0v) is 11.7. The van der Waals surface area contributed by atoms with Crippen molar-refractivity contribution in [2.45, 2.75) is 26.9 Å². The van der Waals surface area contributed by atoms with Crippen molar-refractivity contribution < 1.29 is 9.47 Å². The van der Waals surface area contributed by atoms with E-state index in [2.05, 4.69) is 28.0 Å². The van der Waals surface area contributed by atoms with Crippen molar-refractivity contribution in [3.05, 3.63) is 15.9 Å². The molecule has 1 rings (SSSR count). The van der Waals surface area contributed by atoms with Gasteiger partial charge in [-0.2, -0.15) is 5.10 Å². The molecule has 0 aliphatic carbocycles. The van der Waals surface area contributed by atoms with Crippen LogP contribution in [0, 0.1) is 6.92 Å². The lowest BCUT2D eigenvalue weighted by atomic mass is 10.4. The first kappa shape index (κ1) is 13.7. The summed E-state index contributed by atoms with van der Waals surface area (Å²) in [6, 6.07) is 0. The van der Waals surface area contributed by atoms with Crippen LogP contribution < -0.4 is 0 Å². The molecule has 0 atom stereocenters. The fourth-order valence-electron chi connectivity index (χ4n) is 1.37. The highest BCUT2D eigenvalue weighted by Crippen LogP contribution is 2.20. The van der Waals surface area contributed by atoms with Crippen molar-refractivity contribution in [3.8, 4) is 0 Å². The second-order valence-electron chi connectivity index (χ2n) is 3.63. The van der Waals surface area contributed by atoms with Crippen LogP contribution in [0.1, 0.15) is 24.7 Å². The Labute approximate surface area is 105 Å². The summed E-state index contributed by atoms with van der Waals surface area (Å²) in [5.41, 5.74) is 2.05. The Hall–Kier alpha value is -0.390. The quantitative estimate of drug-likeness (QED) is 0.724. The molecule has 0 fully saturated rings. The van der Waals surface area contributed by atoms with E-state index in [4.69, 9.17) is 9.47 Å². The van der Waals surface area contributed by atoms with Crippen LogP contribution >= 0.6 is 15.9 Å². The van der Waals surface area contributed by atoms with Gasteiger partial charge in [-0.25, -0.2) is 0 Å². The molecule has 0 spiro atoms. The summed E-state index contributed by atoms with van der Waals surface area (Å²) in [7, 11) is 1.92. The first-order valence-corrected chi connectivity index (χ1v) is 6.29. The average Bonchev–Trinajstić information content (AvgIpc) is 2.49. The molecule has 0 N–H and O–H groups in total. The Morgan fingerprint density at radius 1 is 1.25 bits per heavy atom. The maximum Gasteiger partial charge on any atom is 0.0897 e. The highest BCUT2D eigenvalue weighted by molar-refractivity contribution is 9.10. The van der Waals surface area contributed by atoms with Crippen molar-refractivity contribution in [2.75, 3.05) is 19.8 Å². The average molecular weight is 291 g/mol. The zero-order valence-electron chi connectivity index (χ0n) is 10.1. The molecular weight excluding hydrogens is 272 g/mol. The molecule has 0 saturated carbocycles. The van der Waals surface area contributed by atoms with Crippen LogP contribution in [0.3, 0.4) is 0 Å². The molecule has 1 aromatic heterocycles. The van der Waals surface area contributed by atoms with Crippen molar-refractivity contribution >= 4 is 15.9 Å². The van der Waals surface area contributed by atoms with Crippen molar-refractivity contribution in [1.29, 1.82) is 0 Å². The summed E-state index contributed by atoms with van der Waals surface area (Å²) >= 11 is 3.50. The third-order valence-electron chi connectivity index (χ3n) is 2.22. The van der Waals surface area contributed by atoms with Crippen LogP contribution in [0.25, 0.3) is 0 Å². The first-order valence-electron chi connectivity index (χ1n) is 5.50. The van der Waals surface area contributed by atoms with Gasteiger partial charge in [0.1, 0.15) is 0 Å². The van der Waals surface area contributed by atoms with Gasteiger partial charge in [0.2, 0.25) is 0 Å². The van der Waals surface area contributed by atoms with E-state index in [1.165, 1.54) is 0 Å². The molecule has 0 radical (unpaired) electrons. The van der Waals surface area contributed by atoms with Crippen molar-refractivity contribution in [2.24, 2.45) is 7.05 Å². The minimum Gasteiger partial charge on any atom is -0.379 e. The predicted molar refractivity (Wildman–Crippen MR) is 66.4 cm³/mol. The third-order valence-corrected chi connectivity index (χ3v) is 3.25. The Morgan fingerprint density at radius 2 is 1.94 bits per heavy atom. The highest BCUT2D eigenvalue weighted by Gasteiger charge is 2.09. The minimum absolute atomic E-state index is 0.563. The van der Waals surface area contributed by atoms with E-state index in [0.717, 1.165) is 28.9 Å². The van der Waals surface area contributed by atoms with Crippen molar-refractivity contribution in [3.63, 3.8) is 0 Å². The summed E-state index contributed by atoms with van der Waals surface area (Å²) < 4.78 is 13.7. The van der Waals surface area contributed by atoms with Gasteiger partial charge >= 0.3 is 0 Å². The van der Waals surface area contributed by atoms with Gasteiger partial charge in [-0.1, -0.05) is 6.92 Å². The summed E-state index contributed by atoms with van der Waals surface area (Å²) in [5, 5.41) is 4.30. The van der Waals surface area contributed by atoms with Crippen LogP contribution in [0.15, 0.2) is 4.47 Å². The number of ether oxygens (including phenoxy) is 2. The van der Waals surface area contributed by atoms with E-state index >= 15 is 0 Å². The fraction of sp³-hybridized carbons (Fsp3) is 0.727. The maximum absolute atomic E-state index is 5.53. The normalized spacial score (nSPS) is 11.0. The Balaban J connectivity index is 2.26. The lowest BCUT2D eigenvalue weighted by molar-refractivity contribution is 0.0385. The molecule has 16 heavy (non-hydrogen) atoms. The summed E-state index contributed by atoms with van der Waals surface area (Å²) in [6.45, 7) is 6.71. The number of aryl methyl sites for hydroxylation is 2. The number of hydrogen-bond donors (Lipinski definition) is 0. The van der Waals surface area contributed by atoms with Gasteiger partial charge in [-0.15, -0.1) is 0 Å². The monoisotopic (exact) mass is 290 g/mol.